The Morgan fingerprint density at radius 1 is 1.04 bits per heavy atom. The smallest absolute Gasteiger partial charge is 0.0994 e. The van der Waals surface area contributed by atoms with Gasteiger partial charge in [0.1, 0.15) is 0 Å². The molecule has 1 aliphatic carbocycles. The molecular weight excluding hydrogens is 348 g/mol. The van der Waals surface area contributed by atoms with E-state index >= 15 is 0 Å². The Balaban J connectivity index is 1.95. The number of benzene rings is 2. The minimum Gasteiger partial charge on any atom is -0.399 e. The SMILES string of the molecule is Cc1cc2c(cc1C#N)c(-c1cc(N)cc(C#N)c1)cn2[C@H]1CC[C@H](O)CC1. The molecule has 0 aliphatic heterocycles. The Morgan fingerprint density at radius 3 is 2.46 bits per heavy atom. The van der Waals surface area contributed by atoms with Gasteiger partial charge in [0, 0.05) is 34.4 Å². The third-order valence-corrected chi connectivity index (χ3v) is 5.75. The molecule has 5 nitrogen and oxygen atoms in total. The summed E-state index contributed by atoms with van der Waals surface area (Å²) < 4.78 is 2.28. The highest BCUT2D eigenvalue weighted by Crippen LogP contribution is 2.39. The Kier molecular flexibility index (Phi) is 4.55. The van der Waals surface area contributed by atoms with E-state index in [1.807, 2.05) is 25.1 Å². The molecule has 0 spiro atoms. The van der Waals surface area contributed by atoms with Gasteiger partial charge in [0.05, 0.1) is 29.4 Å². The molecule has 1 saturated carbocycles. The van der Waals surface area contributed by atoms with Crippen LogP contribution in [0.1, 0.15) is 48.4 Å². The highest BCUT2D eigenvalue weighted by molar-refractivity contribution is 5.98. The van der Waals surface area contributed by atoms with Crippen molar-refractivity contribution < 1.29 is 5.11 Å². The number of nitrogens with zero attached hydrogens (tertiary/aromatic N) is 3. The number of fused-ring (bicyclic) bond motifs is 1. The second kappa shape index (κ2) is 7.03. The van der Waals surface area contributed by atoms with Crippen LogP contribution < -0.4 is 5.73 Å². The molecule has 1 fully saturated rings. The number of aryl methyl sites for hydroxylation is 1. The highest BCUT2D eigenvalue weighted by Gasteiger charge is 2.24. The van der Waals surface area contributed by atoms with Crippen molar-refractivity contribution >= 4 is 16.6 Å². The van der Waals surface area contributed by atoms with Gasteiger partial charge < -0.3 is 15.4 Å². The molecule has 28 heavy (non-hydrogen) atoms. The number of hydrogen-bond donors (Lipinski definition) is 2. The van der Waals surface area contributed by atoms with Gasteiger partial charge >= 0.3 is 0 Å². The summed E-state index contributed by atoms with van der Waals surface area (Å²) in [6.45, 7) is 1.95. The standard InChI is InChI=1S/C23H22N4O/c1-14-6-23-21(10-17(14)12-25)22(16-7-15(11-24)8-18(26)9-16)13-27(23)19-2-4-20(28)5-3-19/h6-10,13,19-20,28H,2-5,26H2,1H3/t19-,20-. The van der Waals surface area contributed by atoms with Crippen LogP contribution >= 0.6 is 0 Å². The molecule has 1 aliphatic rings. The second-order valence-electron chi connectivity index (χ2n) is 7.66. The van der Waals surface area contributed by atoms with Crippen LogP contribution in [0.25, 0.3) is 22.0 Å². The Hall–Kier alpha value is -3.28. The third kappa shape index (κ3) is 3.11. The molecule has 0 saturated heterocycles. The van der Waals surface area contributed by atoms with Crippen molar-refractivity contribution in [1.29, 1.82) is 10.5 Å². The van der Waals surface area contributed by atoms with Crippen LogP contribution in [-0.2, 0) is 0 Å². The highest BCUT2D eigenvalue weighted by atomic mass is 16.3. The maximum atomic E-state index is 9.88. The van der Waals surface area contributed by atoms with Crippen molar-refractivity contribution in [1.82, 2.24) is 4.57 Å². The predicted molar refractivity (Wildman–Crippen MR) is 109 cm³/mol. The van der Waals surface area contributed by atoms with Crippen molar-refractivity contribution in [2.24, 2.45) is 0 Å². The molecule has 2 aromatic carbocycles. The van der Waals surface area contributed by atoms with Crippen LogP contribution in [0.3, 0.4) is 0 Å². The van der Waals surface area contributed by atoms with E-state index in [0.717, 1.165) is 53.3 Å². The van der Waals surface area contributed by atoms with E-state index in [0.29, 0.717) is 22.9 Å². The van der Waals surface area contributed by atoms with Gasteiger partial charge in [-0.2, -0.15) is 10.5 Å². The molecule has 140 valence electrons. The van der Waals surface area contributed by atoms with Crippen molar-refractivity contribution in [2.75, 3.05) is 5.73 Å². The quantitative estimate of drug-likeness (QED) is 0.652. The van der Waals surface area contributed by atoms with Gasteiger partial charge in [-0.3, -0.25) is 0 Å². The molecule has 0 radical (unpaired) electrons. The van der Waals surface area contributed by atoms with Crippen molar-refractivity contribution in [3.8, 4) is 23.3 Å². The largest absolute Gasteiger partial charge is 0.399 e. The van der Waals surface area contributed by atoms with Crippen LogP contribution in [0.2, 0.25) is 0 Å². The molecule has 3 N–H and O–H groups in total. The van der Waals surface area contributed by atoms with E-state index in [4.69, 9.17) is 5.73 Å². The minimum atomic E-state index is -0.211. The lowest BCUT2D eigenvalue weighted by Gasteiger charge is -2.27. The summed E-state index contributed by atoms with van der Waals surface area (Å²) in [6.07, 6.45) is 5.34. The molecule has 1 heterocycles. The van der Waals surface area contributed by atoms with E-state index in [1.165, 1.54) is 0 Å². The summed E-state index contributed by atoms with van der Waals surface area (Å²) in [5.74, 6) is 0. The van der Waals surface area contributed by atoms with Gasteiger partial charge in [-0.25, -0.2) is 0 Å². The monoisotopic (exact) mass is 370 g/mol. The van der Waals surface area contributed by atoms with Crippen LogP contribution in [0.15, 0.2) is 36.5 Å². The lowest BCUT2D eigenvalue weighted by atomic mass is 9.93. The summed E-state index contributed by atoms with van der Waals surface area (Å²) in [5.41, 5.74) is 11.6. The first-order chi connectivity index (χ1) is 13.5. The molecular formula is C23H22N4O. The fraction of sp³-hybridized carbons (Fsp3) is 0.304. The number of hydrogen-bond acceptors (Lipinski definition) is 4. The Bertz CT molecular complexity index is 1140. The summed E-state index contributed by atoms with van der Waals surface area (Å²) in [7, 11) is 0. The molecule has 5 heteroatoms. The van der Waals surface area contributed by atoms with E-state index in [9.17, 15) is 15.6 Å². The van der Waals surface area contributed by atoms with Gasteiger partial charge in [-0.15, -0.1) is 0 Å². The van der Waals surface area contributed by atoms with E-state index in [2.05, 4.69) is 29.0 Å². The second-order valence-corrected chi connectivity index (χ2v) is 7.66. The molecule has 3 aromatic rings. The Morgan fingerprint density at radius 2 is 1.79 bits per heavy atom. The van der Waals surface area contributed by atoms with Gasteiger partial charge in [0.15, 0.2) is 0 Å². The number of aliphatic hydroxyl groups excluding tert-OH is 1. The van der Waals surface area contributed by atoms with Gasteiger partial charge in [0.2, 0.25) is 0 Å². The normalized spacial score (nSPS) is 19.3. The van der Waals surface area contributed by atoms with Crippen LogP contribution in [0.5, 0.6) is 0 Å². The van der Waals surface area contributed by atoms with Crippen LogP contribution in [-0.4, -0.2) is 15.8 Å². The van der Waals surface area contributed by atoms with Crippen molar-refractivity contribution in [3.63, 3.8) is 0 Å². The zero-order valence-corrected chi connectivity index (χ0v) is 15.8. The average Bonchev–Trinajstić information content (AvgIpc) is 3.05. The summed E-state index contributed by atoms with van der Waals surface area (Å²) in [5, 5.41) is 29.7. The fourth-order valence-corrected chi connectivity index (χ4v) is 4.26. The molecule has 0 unspecified atom stereocenters. The zero-order valence-electron chi connectivity index (χ0n) is 15.8. The maximum absolute atomic E-state index is 9.88. The number of anilines is 1. The third-order valence-electron chi connectivity index (χ3n) is 5.75. The average molecular weight is 370 g/mol. The van der Waals surface area contributed by atoms with Gasteiger partial charge in [-0.1, -0.05) is 0 Å². The summed E-state index contributed by atoms with van der Waals surface area (Å²) >= 11 is 0. The number of aromatic nitrogens is 1. The number of rotatable bonds is 2. The van der Waals surface area contributed by atoms with Gasteiger partial charge in [-0.05, 0) is 74.1 Å². The predicted octanol–water partition coefficient (Wildman–Crippen LogP) is 4.42. The summed E-state index contributed by atoms with van der Waals surface area (Å²) in [4.78, 5) is 0. The van der Waals surface area contributed by atoms with Crippen molar-refractivity contribution in [2.45, 2.75) is 44.8 Å². The molecule has 0 bridgehead atoms. The Labute approximate surface area is 164 Å². The van der Waals surface area contributed by atoms with Crippen molar-refractivity contribution in [3.05, 3.63) is 53.2 Å². The lowest BCUT2D eigenvalue weighted by molar-refractivity contribution is 0.111. The summed E-state index contributed by atoms with van der Waals surface area (Å²) in [6, 6.07) is 14.1. The molecule has 4 rings (SSSR count). The van der Waals surface area contributed by atoms with E-state index in [-0.39, 0.29) is 6.10 Å². The number of nitrogen functional groups attached to an aromatic ring is 1. The maximum Gasteiger partial charge on any atom is 0.0994 e. The van der Waals surface area contributed by atoms with Gasteiger partial charge in [0.25, 0.3) is 0 Å². The number of nitrogens with two attached hydrogens (primary N) is 1. The zero-order chi connectivity index (χ0) is 19.8. The fourth-order valence-electron chi connectivity index (χ4n) is 4.26. The molecule has 1 aromatic heterocycles. The number of aliphatic hydroxyl groups is 1. The lowest BCUT2D eigenvalue weighted by Crippen LogP contribution is -2.20. The van der Waals surface area contributed by atoms with Crippen LogP contribution in [0.4, 0.5) is 5.69 Å². The first-order valence-electron chi connectivity index (χ1n) is 9.54. The van der Waals surface area contributed by atoms with Crippen LogP contribution in [0, 0.1) is 29.6 Å². The van der Waals surface area contributed by atoms with E-state index < -0.39 is 0 Å². The minimum absolute atomic E-state index is 0.211. The topological polar surface area (TPSA) is 98.8 Å². The first kappa shape index (κ1) is 18.1. The molecule has 0 atom stereocenters. The first-order valence-corrected chi connectivity index (χ1v) is 9.54. The number of nitriles is 2. The molecule has 0 amide bonds. The van der Waals surface area contributed by atoms with E-state index in [1.54, 1.807) is 6.07 Å².